The van der Waals surface area contributed by atoms with E-state index in [1.165, 1.54) is 0 Å². The minimum absolute atomic E-state index is 0.0638. The number of hydrogen-bond acceptors (Lipinski definition) is 4. The van der Waals surface area contributed by atoms with E-state index in [2.05, 4.69) is 5.32 Å². The van der Waals surface area contributed by atoms with Crippen molar-refractivity contribution in [2.24, 2.45) is 0 Å². The van der Waals surface area contributed by atoms with E-state index in [0.29, 0.717) is 5.69 Å². The third-order valence-corrected chi connectivity index (χ3v) is 4.12. The monoisotopic (exact) mass is 299 g/mol. The molecule has 110 valence electrons. The number of anilines is 1. The van der Waals surface area contributed by atoms with Crippen LogP contribution in [0.25, 0.3) is 0 Å². The summed E-state index contributed by atoms with van der Waals surface area (Å²) in [6.07, 6.45) is 0.466. The molecule has 0 fully saturated rings. The molecular formula is C13H17NO5S. The Balaban J connectivity index is 2.38. The Morgan fingerprint density at radius 1 is 1.10 bits per heavy atom. The maximum Gasteiger partial charge on any atom is 0.303 e. The van der Waals surface area contributed by atoms with Crippen molar-refractivity contribution in [2.75, 3.05) is 16.8 Å². The molecule has 6 nitrogen and oxygen atoms in total. The molecule has 1 aromatic carbocycles. The molecule has 0 radical (unpaired) electrons. The van der Waals surface area contributed by atoms with Gasteiger partial charge in [0.05, 0.1) is 5.75 Å². The molecule has 1 aromatic rings. The highest BCUT2D eigenvalue weighted by atomic mass is 32.2. The first-order valence-electron chi connectivity index (χ1n) is 6.16. The van der Waals surface area contributed by atoms with Gasteiger partial charge in [0.15, 0.2) is 9.84 Å². The molecule has 0 saturated heterocycles. The van der Waals surface area contributed by atoms with Crippen molar-refractivity contribution < 1.29 is 23.1 Å². The lowest BCUT2D eigenvalue weighted by Gasteiger charge is -2.06. The van der Waals surface area contributed by atoms with Gasteiger partial charge in [0.25, 0.3) is 0 Å². The molecule has 0 aliphatic heterocycles. The van der Waals surface area contributed by atoms with Gasteiger partial charge in [-0.25, -0.2) is 8.42 Å². The fourth-order valence-corrected chi connectivity index (χ4v) is 2.85. The summed E-state index contributed by atoms with van der Waals surface area (Å²) in [6.45, 7) is 0. The number of carboxylic acid groups (broad SMARTS) is 1. The largest absolute Gasteiger partial charge is 0.481 e. The smallest absolute Gasteiger partial charge is 0.303 e. The summed E-state index contributed by atoms with van der Waals surface area (Å²) in [6, 6.07) is 8.58. The molecule has 0 heterocycles. The lowest BCUT2D eigenvalue weighted by atomic mass is 10.3. The highest BCUT2D eigenvalue weighted by Gasteiger charge is 2.16. The van der Waals surface area contributed by atoms with Crippen LogP contribution in [0.4, 0.5) is 5.69 Å². The van der Waals surface area contributed by atoms with Gasteiger partial charge in [0.1, 0.15) is 5.75 Å². The first-order chi connectivity index (χ1) is 9.39. The molecule has 0 aromatic heterocycles. The van der Waals surface area contributed by atoms with Gasteiger partial charge in [-0.2, -0.15) is 0 Å². The SMILES string of the molecule is O=C(O)CCCCS(=O)(=O)CC(=O)Nc1ccccc1. The van der Waals surface area contributed by atoms with Crippen molar-refractivity contribution in [3.05, 3.63) is 30.3 Å². The van der Waals surface area contributed by atoms with Crippen LogP contribution in [-0.4, -0.2) is 36.9 Å². The topological polar surface area (TPSA) is 101 Å². The van der Waals surface area contributed by atoms with Gasteiger partial charge in [-0.1, -0.05) is 18.2 Å². The molecule has 2 N–H and O–H groups in total. The van der Waals surface area contributed by atoms with E-state index in [-0.39, 0.29) is 25.0 Å². The zero-order valence-electron chi connectivity index (χ0n) is 10.9. The fraction of sp³-hybridized carbons (Fsp3) is 0.385. The van der Waals surface area contributed by atoms with Gasteiger partial charge in [0.2, 0.25) is 5.91 Å². The lowest BCUT2D eigenvalue weighted by molar-refractivity contribution is -0.137. The predicted octanol–water partition coefficient (Wildman–Crippen LogP) is 1.29. The van der Waals surface area contributed by atoms with Gasteiger partial charge in [-0.15, -0.1) is 0 Å². The van der Waals surface area contributed by atoms with Crippen molar-refractivity contribution in [2.45, 2.75) is 19.3 Å². The van der Waals surface area contributed by atoms with Crippen molar-refractivity contribution in [3.8, 4) is 0 Å². The van der Waals surface area contributed by atoms with Crippen molar-refractivity contribution >= 4 is 27.4 Å². The molecule has 20 heavy (non-hydrogen) atoms. The molecule has 1 amide bonds. The number of para-hydroxylation sites is 1. The van der Waals surface area contributed by atoms with Gasteiger partial charge < -0.3 is 10.4 Å². The zero-order chi connectivity index (χ0) is 15.0. The normalized spacial score (nSPS) is 11.0. The van der Waals surface area contributed by atoms with Crippen LogP contribution in [0.1, 0.15) is 19.3 Å². The van der Waals surface area contributed by atoms with E-state index in [9.17, 15) is 18.0 Å². The molecular weight excluding hydrogens is 282 g/mol. The Morgan fingerprint density at radius 3 is 2.35 bits per heavy atom. The van der Waals surface area contributed by atoms with Crippen LogP contribution < -0.4 is 5.32 Å². The number of rotatable bonds is 8. The van der Waals surface area contributed by atoms with Gasteiger partial charge >= 0.3 is 5.97 Å². The summed E-state index contributed by atoms with van der Waals surface area (Å²) in [5, 5.41) is 10.9. The van der Waals surface area contributed by atoms with Crippen LogP contribution in [0.2, 0.25) is 0 Å². The van der Waals surface area contributed by atoms with Crippen molar-refractivity contribution in [1.29, 1.82) is 0 Å². The van der Waals surface area contributed by atoms with Crippen LogP contribution in [0.15, 0.2) is 30.3 Å². The van der Waals surface area contributed by atoms with E-state index in [4.69, 9.17) is 5.11 Å². The van der Waals surface area contributed by atoms with Crippen LogP contribution in [0.5, 0.6) is 0 Å². The maximum atomic E-state index is 11.7. The van der Waals surface area contributed by atoms with Crippen molar-refractivity contribution in [3.63, 3.8) is 0 Å². The zero-order valence-corrected chi connectivity index (χ0v) is 11.7. The minimum atomic E-state index is -3.50. The average Bonchev–Trinajstić information content (AvgIpc) is 2.35. The molecule has 0 bridgehead atoms. The highest BCUT2D eigenvalue weighted by molar-refractivity contribution is 7.92. The second-order valence-electron chi connectivity index (χ2n) is 4.36. The first kappa shape index (κ1) is 16.2. The number of carbonyl (C=O) groups is 2. The number of amides is 1. The van der Waals surface area contributed by atoms with Gasteiger partial charge in [-0.05, 0) is 25.0 Å². The van der Waals surface area contributed by atoms with E-state index < -0.39 is 27.5 Å². The highest BCUT2D eigenvalue weighted by Crippen LogP contribution is 2.06. The van der Waals surface area contributed by atoms with Gasteiger partial charge in [0, 0.05) is 12.1 Å². The van der Waals surface area contributed by atoms with Crippen LogP contribution >= 0.6 is 0 Å². The Labute approximate surface area is 117 Å². The standard InChI is InChI=1S/C13H17NO5S/c15-12(14-11-6-2-1-3-7-11)10-20(18,19)9-5-4-8-13(16)17/h1-3,6-7H,4-5,8-10H2,(H,14,15)(H,16,17). The molecule has 7 heteroatoms. The van der Waals surface area contributed by atoms with Crippen LogP contribution in [0.3, 0.4) is 0 Å². The van der Waals surface area contributed by atoms with E-state index >= 15 is 0 Å². The Kier molecular flexibility index (Phi) is 6.17. The summed E-state index contributed by atoms with van der Waals surface area (Å²) in [7, 11) is -3.50. The average molecular weight is 299 g/mol. The van der Waals surface area contributed by atoms with Gasteiger partial charge in [-0.3, -0.25) is 9.59 Å². The summed E-state index contributed by atoms with van der Waals surface area (Å²) in [5.74, 6) is -2.31. The lowest BCUT2D eigenvalue weighted by Crippen LogP contribution is -2.24. The quantitative estimate of drug-likeness (QED) is 0.705. The molecule has 1 rings (SSSR count). The molecule has 0 saturated carbocycles. The maximum absolute atomic E-state index is 11.7. The number of nitrogens with one attached hydrogen (secondary N) is 1. The second-order valence-corrected chi connectivity index (χ2v) is 6.54. The molecule has 0 unspecified atom stereocenters. The number of hydrogen-bond donors (Lipinski definition) is 2. The Morgan fingerprint density at radius 2 is 1.75 bits per heavy atom. The van der Waals surface area contributed by atoms with Crippen molar-refractivity contribution in [1.82, 2.24) is 0 Å². The summed E-state index contributed by atoms with van der Waals surface area (Å²) in [4.78, 5) is 21.9. The molecule has 0 aliphatic carbocycles. The summed E-state index contributed by atoms with van der Waals surface area (Å²) in [5.41, 5.74) is 0.540. The third-order valence-electron chi connectivity index (χ3n) is 2.50. The number of carbonyl (C=O) groups excluding carboxylic acids is 1. The molecule has 0 aliphatic rings. The summed E-state index contributed by atoms with van der Waals surface area (Å²) >= 11 is 0. The first-order valence-corrected chi connectivity index (χ1v) is 7.98. The summed E-state index contributed by atoms with van der Waals surface area (Å²) < 4.78 is 23.3. The number of unbranched alkanes of at least 4 members (excludes halogenated alkanes) is 1. The number of carboxylic acids is 1. The Hall–Kier alpha value is -1.89. The molecule has 0 spiro atoms. The van der Waals surface area contributed by atoms with Crippen LogP contribution in [0, 0.1) is 0 Å². The number of aliphatic carboxylic acids is 1. The van der Waals surface area contributed by atoms with E-state index in [1.54, 1.807) is 30.3 Å². The minimum Gasteiger partial charge on any atom is -0.481 e. The number of benzene rings is 1. The van der Waals surface area contributed by atoms with Crippen LogP contribution in [-0.2, 0) is 19.4 Å². The predicted molar refractivity (Wildman–Crippen MR) is 75.2 cm³/mol. The van der Waals surface area contributed by atoms with E-state index in [0.717, 1.165) is 0 Å². The van der Waals surface area contributed by atoms with E-state index in [1.807, 2.05) is 0 Å². The Bertz CT molecular complexity index is 553. The fourth-order valence-electron chi connectivity index (χ4n) is 1.59. The third kappa shape index (κ3) is 6.89. The second kappa shape index (κ2) is 7.64. The number of sulfone groups is 1. The molecule has 0 atom stereocenters.